The highest BCUT2D eigenvalue weighted by Gasteiger charge is 2.20. The van der Waals surface area contributed by atoms with Crippen LogP contribution in [-0.2, 0) is 6.42 Å². The van der Waals surface area contributed by atoms with Crippen molar-refractivity contribution in [1.29, 1.82) is 0 Å². The number of hydrogen-bond donors (Lipinski definition) is 0. The van der Waals surface area contributed by atoms with Gasteiger partial charge >= 0.3 is 0 Å². The lowest BCUT2D eigenvalue weighted by Gasteiger charge is -2.31. The van der Waals surface area contributed by atoms with Crippen molar-refractivity contribution in [1.82, 2.24) is 19.9 Å². The summed E-state index contributed by atoms with van der Waals surface area (Å²) in [6.07, 6.45) is 8.95. The van der Waals surface area contributed by atoms with E-state index in [1.807, 2.05) is 31.5 Å². The van der Waals surface area contributed by atoms with Gasteiger partial charge in [0.15, 0.2) is 0 Å². The summed E-state index contributed by atoms with van der Waals surface area (Å²) in [5.74, 6) is 1.45. The Morgan fingerprint density at radius 2 is 2.09 bits per heavy atom. The van der Waals surface area contributed by atoms with E-state index in [2.05, 4.69) is 25.9 Å². The van der Waals surface area contributed by atoms with Gasteiger partial charge in [0, 0.05) is 44.3 Å². The minimum atomic E-state index is 0.268. The summed E-state index contributed by atoms with van der Waals surface area (Å²) in [5.41, 5.74) is 1.30. The maximum absolute atomic E-state index is 5.96. The Labute approximate surface area is 131 Å². The van der Waals surface area contributed by atoms with E-state index in [1.165, 1.54) is 5.56 Å². The SMILES string of the molecule is Cc1nccc(OC2CCN(CCc3cccnc3)CC2)n1. The first kappa shape index (κ1) is 14.9. The topological polar surface area (TPSA) is 51.1 Å². The van der Waals surface area contributed by atoms with Crippen LogP contribution >= 0.6 is 0 Å². The predicted octanol–water partition coefficient (Wildman–Crippen LogP) is 2.27. The summed E-state index contributed by atoms with van der Waals surface area (Å²) in [7, 11) is 0. The molecule has 0 atom stereocenters. The number of nitrogens with zero attached hydrogens (tertiary/aromatic N) is 4. The molecule has 0 N–H and O–H groups in total. The quantitative estimate of drug-likeness (QED) is 0.847. The molecule has 3 heterocycles. The van der Waals surface area contributed by atoms with Crippen molar-refractivity contribution >= 4 is 0 Å². The number of likely N-dealkylation sites (tertiary alicyclic amines) is 1. The smallest absolute Gasteiger partial charge is 0.216 e. The summed E-state index contributed by atoms with van der Waals surface area (Å²) in [6, 6.07) is 5.97. The van der Waals surface area contributed by atoms with Crippen LogP contribution < -0.4 is 4.74 Å². The zero-order valence-corrected chi connectivity index (χ0v) is 13.0. The normalized spacial score (nSPS) is 16.6. The van der Waals surface area contributed by atoms with Crippen LogP contribution in [0.25, 0.3) is 0 Å². The first-order valence-corrected chi connectivity index (χ1v) is 7.87. The maximum Gasteiger partial charge on any atom is 0.216 e. The van der Waals surface area contributed by atoms with Crippen molar-refractivity contribution in [3.8, 4) is 5.88 Å². The number of aromatic nitrogens is 3. The molecule has 1 aliphatic heterocycles. The van der Waals surface area contributed by atoms with E-state index < -0.39 is 0 Å². The second-order valence-corrected chi connectivity index (χ2v) is 5.71. The third-order valence-electron chi connectivity index (χ3n) is 4.01. The van der Waals surface area contributed by atoms with E-state index in [4.69, 9.17) is 4.74 Å². The van der Waals surface area contributed by atoms with Crippen molar-refractivity contribution in [2.45, 2.75) is 32.3 Å². The minimum absolute atomic E-state index is 0.268. The Kier molecular flexibility index (Phi) is 4.96. The van der Waals surface area contributed by atoms with E-state index >= 15 is 0 Å². The first-order valence-electron chi connectivity index (χ1n) is 7.87. The summed E-state index contributed by atoms with van der Waals surface area (Å²) in [6.45, 7) is 5.13. The molecule has 2 aromatic heterocycles. The lowest BCUT2D eigenvalue weighted by molar-refractivity contribution is 0.0972. The Balaban J connectivity index is 1.42. The van der Waals surface area contributed by atoms with Crippen molar-refractivity contribution in [3.05, 3.63) is 48.2 Å². The van der Waals surface area contributed by atoms with Crippen LogP contribution in [-0.4, -0.2) is 45.6 Å². The molecule has 3 rings (SSSR count). The van der Waals surface area contributed by atoms with Crippen LogP contribution in [0.4, 0.5) is 0 Å². The Morgan fingerprint density at radius 3 is 2.82 bits per heavy atom. The Morgan fingerprint density at radius 1 is 1.23 bits per heavy atom. The molecule has 1 fully saturated rings. The molecule has 5 heteroatoms. The third kappa shape index (κ3) is 4.24. The summed E-state index contributed by atoms with van der Waals surface area (Å²) < 4.78 is 5.96. The highest BCUT2D eigenvalue weighted by atomic mass is 16.5. The molecule has 0 spiro atoms. The van der Waals surface area contributed by atoms with Crippen molar-refractivity contribution < 1.29 is 4.74 Å². The fourth-order valence-corrected chi connectivity index (χ4v) is 2.75. The first-order chi connectivity index (χ1) is 10.8. The number of pyridine rings is 1. The lowest BCUT2D eigenvalue weighted by atomic mass is 10.1. The molecule has 0 bridgehead atoms. The molecule has 5 nitrogen and oxygen atoms in total. The van der Waals surface area contributed by atoms with Gasteiger partial charge in [-0.15, -0.1) is 0 Å². The number of hydrogen-bond acceptors (Lipinski definition) is 5. The van der Waals surface area contributed by atoms with Crippen LogP contribution in [0.15, 0.2) is 36.8 Å². The second-order valence-electron chi connectivity index (χ2n) is 5.71. The number of aryl methyl sites for hydroxylation is 1. The van der Waals surface area contributed by atoms with Crippen LogP contribution in [0.5, 0.6) is 5.88 Å². The highest BCUT2D eigenvalue weighted by molar-refractivity contribution is 5.09. The molecular weight excluding hydrogens is 276 g/mol. The Hall–Kier alpha value is -2.01. The van der Waals surface area contributed by atoms with E-state index in [-0.39, 0.29) is 6.10 Å². The van der Waals surface area contributed by atoms with E-state index in [0.717, 1.165) is 44.7 Å². The third-order valence-corrected chi connectivity index (χ3v) is 4.01. The standard InChI is InChI=1S/C17H22N4O/c1-14-19-9-4-17(20-14)22-16-6-11-21(12-7-16)10-5-15-3-2-8-18-13-15/h2-4,8-9,13,16H,5-7,10-12H2,1H3. The van der Waals surface area contributed by atoms with Crippen LogP contribution in [0.2, 0.25) is 0 Å². The molecule has 0 amide bonds. The molecule has 1 saturated heterocycles. The second kappa shape index (κ2) is 7.31. The number of rotatable bonds is 5. The number of piperidine rings is 1. The average molecular weight is 298 g/mol. The van der Waals surface area contributed by atoms with Gasteiger partial charge in [-0.25, -0.2) is 4.98 Å². The van der Waals surface area contributed by atoms with Crippen LogP contribution in [0.3, 0.4) is 0 Å². The fourth-order valence-electron chi connectivity index (χ4n) is 2.75. The van der Waals surface area contributed by atoms with Gasteiger partial charge in [-0.3, -0.25) is 4.98 Å². The maximum atomic E-state index is 5.96. The van der Waals surface area contributed by atoms with Gasteiger partial charge in [-0.1, -0.05) is 6.07 Å². The summed E-state index contributed by atoms with van der Waals surface area (Å²) >= 11 is 0. The van der Waals surface area contributed by atoms with E-state index in [9.17, 15) is 0 Å². The summed E-state index contributed by atoms with van der Waals surface area (Å²) in [4.78, 5) is 15.1. The Bertz CT molecular complexity index is 582. The zero-order valence-electron chi connectivity index (χ0n) is 13.0. The molecule has 2 aromatic rings. The molecule has 22 heavy (non-hydrogen) atoms. The zero-order chi connectivity index (χ0) is 15.2. The highest BCUT2D eigenvalue weighted by Crippen LogP contribution is 2.17. The van der Waals surface area contributed by atoms with E-state index in [1.54, 1.807) is 6.20 Å². The molecule has 0 saturated carbocycles. The van der Waals surface area contributed by atoms with Gasteiger partial charge in [0.25, 0.3) is 0 Å². The van der Waals surface area contributed by atoms with Crippen LogP contribution in [0.1, 0.15) is 24.2 Å². The molecule has 1 aliphatic rings. The minimum Gasteiger partial charge on any atom is -0.474 e. The van der Waals surface area contributed by atoms with E-state index in [0.29, 0.717) is 5.88 Å². The van der Waals surface area contributed by atoms with Gasteiger partial charge in [0.1, 0.15) is 11.9 Å². The molecule has 0 unspecified atom stereocenters. The van der Waals surface area contributed by atoms with Crippen molar-refractivity contribution in [2.75, 3.05) is 19.6 Å². The lowest BCUT2D eigenvalue weighted by Crippen LogP contribution is -2.39. The predicted molar refractivity (Wildman–Crippen MR) is 84.8 cm³/mol. The molecule has 0 aliphatic carbocycles. The fraction of sp³-hybridized carbons (Fsp3) is 0.471. The molecule has 116 valence electrons. The monoisotopic (exact) mass is 298 g/mol. The van der Waals surface area contributed by atoms with Gasteiger partial charge in [0.2, 0.25) is 5.88 Å². The molecule has 0 radical (unpaired) electrons. The number of ether oxygens (including phenoxy) is 1. The van der Waals surface area contributed by atoms with Gasteiger partial charge < -0.3 is 9.64 Å². The van der Waals surface area contributed by atoms with Crippen LogP contribution in [0, 0.1) is 6.92 Å². The van der Waals surface area contributed by atoms with Crippen molar-refractivity contribution in [3.63, 3.8) is 0 Å². The van der Waals surface area contributed by atoms with Crippen molar-refractivity contribution in [2.24, 2.45) is 0 Å². The largest absolute Gasteiger partial charge is 0.474 e. The average Bonchev–Trinajstić information content (AvgIpc) is 2.55. The summed E-state index contributed by atoms with van der Waals surface area (Å²) in [5, 5.41) is 0. The van der Waals surface area contributed by atoms with Gasteiger partial charge in [-0.05, 0) is 37.8 Å². The molecular formula is C17H22N4O. The van der Waals surface area contributed by atoms with Gasteiger partial charge in [0.05, 0.1) is 0 Å². The molecule has 0 aromatic carbocycles. The van der Waals surface area contributed by atoms with Gasteiger partial charge in [-0.2, -0.15) is 4.98 Å².